The van der Waals surface area contributed by atoms with Crippen molar-refractivity contribution in [2.75, 3.05) is 7.11 Å². The predicted octanol–water partition coefficient (Wildman–Crippen LogP) is 4.35. The average Bonchev–Trinajstić information content (AvgIpc) is 3.41. The van der Waals surface area contributed by atoms with E-state index >= 15 is 0 Å². The number of phenols is 1. The summed E-state index contributed by atoms with van der Waals surface area (Å²) in [5.41, 5.74) is 1.41. The SMILES string of the molecule is COc1cccc(-c2nnc(CSc3nnc(/N=C/c4ccccc4O)s3)o2)c1. The maximum atomic E-state index is 9.76. The standard InChI is InChI=1S/C19H15N5O3S2/c1-26-14-7-4-6-12(9-14)17-22-21-16(27-17)11-28-19-24-23-18(29-19)20-10-13-5-2-3-8-15(13)25/h2-10,25H,11H2,1H3/b20-10+. The summed E-state index contributed by atoms with van der Waals surface area (Å²) in [6, 6.07) is 14.4. The number of hydrogen-bond acceptors (Lipinski definition) is 10. The van der Waals surface area contributed by atoms with E-state index in [9.17, 15) is 5.11 Å². The first-order chi connectivity index (χ1) is 14.2. The third-order valence-electron chi connectivity index (χ3n) is 3.75. The number of phenolic OH excluding ortho intramolecular Hbond substituents is 1. The average molecular weight is 425 g/mol. The molecule has 0 aliphatic rings. The maximum absolute atomic E-state index is 9.76. The van der Waals surface area contributed by atoms with Gasteiger partial charge < -0.3 is 14.3 Å². The zero-order valence-electron chi connectivity index (χ0n) is 15.2. The van der Waals surface area contributed by atoms with Crippen LogP contribution >= 0.6 is 23.1 Å². The van der Waals surface area contributed by atoms with Gasteiger partial charge in [0.1, 0.15) is 11.5 Å². The van der Waals surface area contributed by atoms with Gasteiger partial charge in [-0.05, 0) is 30.3 Å². The molecular formula is C19H15N5O3S2. The monoisotopic (exact) mass is 425 g/mol. The van der Waals surface area contributed by atoms with Crippen LogP contribution in [0.15, 0.2) is 62.3 Å². The number of hydrogen-bond donors (Lipinski definition) is 1. The van der Waals surface area contributed by atoms with Gasteiger partial charge in [-0.1, -0.05) is 41.3 Å². The Balaban J connectivity index is 1.38. The van der Waals surface area contributed by atoms with Gasteiger partial charge >= 0.3 is 0 Å². The molecule has 4 rings (SSSR count). The van der Waals surface area contributed by atoms with Gasteiger partial charge in [-0.3, -0.25) is 0 Å². The molecule has 0 unspecified atom stereocenters. The topological polar surface area (TPSA) is 107 Å². The number of benzene rings is 2. The molecule has 146 valence electrons. The van der Waals surface area contributed by atoms with Crippen molar-refractivity contribution in [2.24, 2.45) is 4.99 Å². The van der Waals surface area contributed by atoms with Crippen molar-refractivity contribution in [3.8, 4) is 23.0 Å². The molecular weight excluding hydrogens is 410 g/mol. The molecule has 0 fully saturated rings. The van der Waals surface area contributed by atoms with Gasteiger partial charge in [0.25, 0.3) is 0 Å². The van der Waals surface area contributed by atoms with Crippen molar-refractivity contribution in [1.82, 2.24) is 20.4 Å². The number of ether oxygens (including phenoxy) is 1. The van der Waals surface area contributed by atoms with Gasteiger partial charge in [0.05, 0.1) is 12.9 Å². The van der Waals surface area contributed by atoms with E-state index in [1.165, 1.54) is 23.1 Å². The van der Waals surface area contributed by atoms with E-state index in [1.807, 2.05) is 30.3 Å². The number of thioether (sulfide) groups is 1. The number of methoxy groups -OCH3 is 1. The van der Waals surface area contributed by atoms with Crippen LogP contribution in [0.3, 0.4) is 0 Å². The van der Waals surface area contributed by atoms with Crippen molar-refractivity contribution >= 4 is 34.4 Å². The molecule has 0 saturated carbocycles. The number of aromatic hydroxyl groups is 1. The van der Waals surface area contributed by atoms with E-state index in [0.717, 1.165) is 15.7 Å². The smallest absolute Gasteiger partial charge is 0.247 e. The Hall–Kier alpha value is -3.24. The molecule has 0 amide bonds. The van der Waals surface area contributed by atoms with Gasteiger partial charge in [0.15, 0.2) is 4.34 Å². The molecule has 0 bridgehead atoms. The molecule has 0 spiro atoms. The molecule has 2 aromatic carbocycles. The molecule has 4 aromatic rings. The van der Waals surface area contributed by atoms with Gasteiger partial charge in [-0.25, -0.2) is 4.99 Å². The first-order valence-electron chi connectivity index (χ1n) is 8.46. The lowest BCUT2D eigenvalue weighted by Crippen LogP contribution is -1.83. The van der Waals surface area contributed by atoms with E-state index in [1.54, 1.807) is 31.5 Å². The Morgan fingerprint density at radius 2 is 2.03 bits per heavy atom. The van der Waals surface area contributed by atoms with E-state index in [4.69, 9.17) is 9.15 Å². The minimum Gasteiger partial charge on any atom is -0.507 e. The van der Waals surface area contributed by atoms with Gasteiger partial charge in [-0.2, -0.15) is 0 Å². The van der Waals surface area contributed by atoms with E-state index in [2.05, 4.69) is 25.4 Å². The Bertz CT molecular complexity index is 1140. The second kappa shape index (κ2) is 8.84. The molecule has 8 nitrogen and oxygen atoms in total. The molecule has 0 saturated heterocycles. The Kier molecular flexibility index (Phi) is 5.82. The minimum absolute atomic E-state index is 0.165. The van der Waals surface area contributed by atoms with Crippen molar-refractivity contribution in [1.29, 1.82) is 0 Å². The summed E-state index contributed by atoms with van der Waals surface area (Å²) in [6.45, 7) is 0. The largest absolute Gasteiger partial charge is 0.507 e. The summed E-state index contributed by atoms with van der Waals surface area (Å²) in [4.78, 5) is 4.26. The summed E-state index contributed by atoms with van der Waals surface area (Å²) >= 11 is 2.78. The fraction of sp³-hybridized carbons (Fsp3) is 0.105. The summed E-state index contributed by atoms with van der Waals surface area (Å²) in [7, 11) is 1.61. The van der Waals surface area contributed by atoms with E-state index < -0.39 is 0 Å². The zero-order chi connectivity index (χ0) is 20.1. The van der Waals surface area contributed by atoms with Crippen LogP contribution in [0, 0.1) is 0 Å². The summed E-state index contributed by atoms with van der Waals surface area (Å²) in [6.07, 6.45) is 1.56. The number of para-hydroxylation sites is 1. The Morgan fingerprint density at radius 3 is 2.90 bits per heavy atom. The van der Waals surface area contributed by atoms with Crippen LogP contribution in [0.25, 0.3) is 11.5 Å². The number of nitrogens with zero attached hydrogens (tertiary/aromatic N) is 5. The van der Waals surface area contributed by atoms with E-state index in [0.29, 0.717) is 28.2 Å². The number of aromatic nitrogens is 4. The first kappa shape index (κ1) is 19.1. The van der Waals surface area contributed by atoms with Gasteiger partial charge in [0, 0.05) is 17.3 Å². The molecule has 0 aliphatic heterocycles. The van der Waals surface area contributed by atoms with Gasteiger partial charge in [-0.15, -0.1) is 20.4 Å². The van der Waals surface area contributed by atoms with Crippen molar-refractivity contribution in [3.05, 3.63) is 60.0 Å². The maximum Gasteiger partial charge on any atom is 0.247 e. The van der Waals surface area contributed by atoms with Crippen molar-refractivity contribution in [3.63, 3.8) is 0 Å². The molecule has 29 heavy (non-hydrogen) atoms. The molecule has 2 aromatic heterocycles. The summed E-state index contributed by atoms with van der Waals surface area (Å²) in [5.74, 6) is 2.28. The second-order valence-electron chi connectivity index (χ2n) is 5.69. The van der Waals surface area contributed by atoms with Crippen LogP contribution < -0.4 is 4.74 Å². The lowest BCUT2D eigenvalue weighted by Gasteiger charge is -2.00. The van der Waals surface area contributed by atoms with E-state index in [-0.39, 0.29) is 5.75 Å². The van der Waals surface area contributed by atoms with Crippen LogP contribution in [-0.2, 0) is 5.75 Å². The minimum atomic E-state index is 0.165. The van der Waals surface area contributed by atoms with Crippen LogP contribution in [0.5, 0.6) is 11.5 Å². The van der Waals surface area contributed by atoms with Crippen LogP contribution in [0.1, 0.15) is 11.5 Å². The van der Waals surface area contributed by atoms with Crippen LogP contribution in [-0.4, -0.2) is 38.8 Å². The fourth-order valence-corrected chi connectivity index (χ4v) is 3.87. The molecule has 10 heteroatoms. The molecule has 0 atom stereocenters. The molecule has 0 radical (unpaired) electrons. The van der Waals surface area contributed by atoms with Crippen molar-refractivity contribution in [2.45, 2.75) is 10.1 Å². The molecule has 2 heterocycles. The van der Waals surface area contributed by atoms with Crippen LogP contribution in [0.4, 0.5) is 5.13 Å². The van der Waals surface area contributed by atoms with Gasteiger partial charge in [0.2, 0.25) is 16.9 Å². The fourth-order valence-electron chi connectivity index (χ4n) is 2.34. The third-order valence-corrected chi connectivity index (χ3v) is 5.70. The number of aliphatic imine (C=N–C) groups is 1. The zero-order valence-corrected chi connectivity index (χ0v) is 16.9. The Morgan fingerprint density at radius 1 is 1.14 bits per heavy atom. The molecule has 1 N–H and O–H groups in total. The highest BCUT2D eigenvalue weighted by Crippen LogP contribution is 2.30. The second-order valence-corrected chi connectivity index (χ2v) is 7.87. The highest BCUT2D eigenvalue weighted by molar-refractivity contribution is 8.00. The quantitative estimate of drug-likeness (QED) is 0.344. The lowest BCUT2D eigenvalue weighted by atomic mass is 10.2. The van der Waals surface area contributed by atoms with Crippen molar-refractivity contribution < 1.29 is 14.3 Å². The summed E-state index contributed by atoms with van der Waals surface area (Å²) in [5, 5.41) is 26.6. The molecule has 0 aliphatic carbocycles. The first-order valence-corrected chi connectivity index (χ1v) is 10.3. The Labute approximate surface area is 174 Å². The van der Waals surface area contributed by atoms with Crippen LogP contribution in [0.2, 0.25) is 0 Å². The summed E-state index contributed by atoms with van der Waals surface area (Å²) < 4.78 is 11.7. The normalized spacial score (nSPS) is 11.2. The lowest BCUT2D eigenvalue weighted by molar-refractivity contribution is 0.414. The predicted molar refractivity (Wildman–Crippen MR) is 111 cm³/mol. The number of rotatable bonds is 7. The highest BCUT2D eigenvalue weighted by Gasteiger charge is 2.11. The highest BCUT2D eigenvalue weighted by atomic mass is 32.2. The third kappa shape index (κ3) is 4.79.